The number of benzene rings is 3. The molecule has 3 aromatic rings. The quantitative estimate of drug-likeness (QED) is 0.520. The molecule has 0 aromatic heterocycles. The van der Waals surface area contributed by atoms with E-state index >= 15 is 0 Å². The van der Waals surface area contributed by atoms with Crippen LogP contribution in [0.4, 0.5) is 17.1 Å². The third kappa shape index (κ3) is 4.08. The van der Waals surface area contributed by atoms with Gasteiger partial charge in [0.2, 0.25) is 0 Å². The lowest BCUT2D eigenvalue weighted by atomic mass is 9.83. The molecular formula is C24H29N3. The first-order valence-electron chi connectivity index (χ1n) is 9.27. The Kier molecular flexibility index (Phi) is 5.41. The third-order valence-corrected chi connectivity index (χ3v) is 5.04. The maximum absolute atomic E-state index is 6.40. The summed E-state index contributed by atoms with van der Waals surface area (Å²) in [6, 6.07) is 23.8. The number of hydrogen-bond acceptors (Lipinski definition) is 3. The number of rotatable bonds is 5. The van der Waals surface area contributed by atoms with E-state index in [1.54, 1.807) is 0 Å². The summed E-state index contributed by atoms with van der Waals surface area (Å²) in [7, 11) is 8.24. The molecule has 27 heavy (non-hydrogen) atoms. The Morgan fingerprint density at radius 2 is 1.11 bits per heavy atom. The van der Waals surface area contributed by atoms with Gasteiger partial charge < -0.3 is 15.5 Å². The van der Waals surface area contributed by atoms with Gasteiger partial charge in [0, 0.05) is 51.2 Å². The molecule has 0 aliphatic carbocycles. The smallest absolute Gasteiger partial charge is 0.0361 e. The maximum atomic E-state index is 6.40. The minimum absolute atomic E-state index is 0.109. The Labute approximate surface area is 163 Å². The zero-order valence-electron chi connectivity index (χ0n) is 16.9. The fraction of sp³-hybridized carbons (Fsp3) is 0.250. The molecule has 2 N–H and O–H groups in total. The number of hydrogen-bond donors (Lipinski definition) is 1. The highest BCUT2D eigenvalue weighted by molar-refractivity contribution is 5.59. The summed E-state index contributed by atoms with van der Waals surface area (Å²) in [5.74, 6) is 0.109. The Morgan fingerprint density at radius 3 is 1.52 bits per heavy atom. The van der Waals surface area contributed by atoms with Gasteiger partial charge >= 0.3 is 0 Å². The summed E-state index contributed by atoms with van der Waals surface area (Å²) < 4.78 is 0. The monoisotopic (exact) mass is 359 g/mol. The zero-order chi connectivity index (χ0) is 19.6. The van der Waals surface area contributed by atoms with Crippen LogP contribution in [0.5, 0.6) is 0 Å². The lowest BCUT2D eigenvalue weighted by Gasteiger charge is -2.23. The summed E-state index contributed by atoms with van der Waals surface area (Å²) >= 11 is 0. The fourth-order valence-corrected chi connectivity index (χ4v) is 3.43. The number of nitrogens with two attached hydrogens (primary N) is 1. The number of nitrogen functional groups attached to an aromatic ring is 1. The predicted octanol–water partition coefficient (Wildman–Crippen LogP) is 4.89. The fourth-order valence-electron chi connectivity index (χ4n) is 3.43. The minimum Gasteiger partial charge on any atom is -0.398 e. The van der Waals surface area contributed by atoms with E-state index in [2.05, 4.69) is 106 Å². The lowest BCUT2D eigenvalue weighted by molar-refractivity contribution is 0.974. The van der Waals surface area contributed by atoms with E-state index in [-0.39, 0.29) is 5.92 Å². The van der Waals surface area contributed by atoms with Crippen molar-refractivity contribution in [3.63, 3.8) is 0 Å². The van der Waals surface area contributed by atoms with Crippen molar-refractivity contribution in [3.8, 4) is 0 Å². The second kappa shape index (κ2) is 7.75. The number of anilines is 3. The normalized spacial score (nSPS) is 10.9. The van der Waals surface area contributed by atoms with Gasteiger partial charge in [0.15, 0.2) is 0 Å². The van der Waals surface area contributed by atoms with Crippen LogP contribution in [-0.2, 0) is 0 Å². The van der Waals surface area contributed by atoms with Gasteiger partial charge in [-0.1, -0.05) is 42.0 Å². The van der Waals surface area contributed by atoms with Crippen LogP contribution in [0.2, 0.25) is 0 Å². The van der Waals surface area contributed by atoms with Crippen molar-refractivity contribution in [3.05, 3.63) is 89.0 Å². The van der Waals surface area contributed by atoms with E-state index in [4.69, 9.17) is 5.73 Å². The van der Waals surface area contributed by atoms with Crippen molar-refractivity contribution in [1.82, 2.24) is 0 Å². The van der Waals surface area contributed by atoms with Crippen LogP contribution in [0, 0.1) is 6.92 Å². The summed E-state index contributed by atoms with van der Waals surface area (Å²) in [5.41, 5.74) is 14.5. The molecule has 0 aliphatic rings. The van der Waals surface area contributed by atoms with Crippen molar-refractivity contribution >= 4 is 17.1 Å². The van der Waals surface area contributed by atoms with E-state index in [9.17, 15) is 0 Å². The van der Waals surface area contributed by atoms with Crippen LogP contribution < -0.4 is 15.5 Å². The Balaban J connectivity index is 2.12. The van der Waals surface area contributed by atoms with Crippen molar-refractivity contribution in [2.75, 3.05) is 43.7 Å². The SMILES string of the molecule is Cc1ccc(N)c(C(c2ccc(N(C)C)cc2)c2ccc(N(C)C)cc2)c1. The van der Waals surface area contributed by atoms with Gasteiger partial charge in [-0.15, -0.1) is 0 Å². The average molecular weight is 360 g/mol. The van der Waals surface area contributed by atoms with Crippen LogP contribution in [0.15, 0.2) is 66.7 Å². The molecule has 0 aliphatic heterocycles. The standard InChI is InChI=1S/C24H29N3/c1-17-6-15-23(25)22(16-17)24(18-7-11-20(12-8-18)26(2)3)19-9-13-21(14-10-19)27(4)5/h6-16,24H,25H2,1-5H3. The molecule has 140 valence electrons. The molecule has 0 atom stereocenters. The molecule has 3 heteroatoms. The Morgan fingerprint density at radius 1 is 0.667 bits per heavy atom. The maximum Gasteiger partial charge on any atom is 0.0361 e. The average Bonchev–Trinajstić information content (AvgIpc) is 2.65. The highest BCUT2D eigenvalue weighted by atomic mass is 15.1. The first-order valence-corrected chi connectivity index (χ1v) is 9.27. The number of nitrogens with zero attached hydrogens (tertiary/aromatic N) is 2. The van der Waals surface area contributed by atoms with E-state index in [1.165, 1.54) is 28.1 Å². The van der Waals surface area contributed by atoms with E-state index < -0.39 is 0 Å². The minimum atomic E-state index is 0.109. The molecule has 0 saturated heterocycles. The van der Waals surface area contributed by atoms with Gasteiger partial charge in [-0.25, -0.2) is 0 Å². The molecule has 0 unspecified atom stereocenters. The molecule has 0 heterocycles. The van der Waals surface area contributed by atoms with Gasteiger partial charge in [0.25, 0.3) is 0 Å². The first kappa shape index (κ1) is 18.8. The van der Waals surface area contributed by atoms with E-state index in [1.807, 2.05) is 6.07 Å². The lowest BCUT2D eigenvalue weighted by Crippen LogP contribution is -2.11. The van der Waals surface area contributed by atoms with Crippen LogP contribution in [0.3, 0.4) is 0 Å². The molecule has 0 amide bonds. The van der Waals surface area contributed by atoms with Crippen molar-refractivity contribution in [2.24, 2.45) is 0 Å². The Hall–Kier alpha value is -2.94. The topological polar surface area (TPSA) is 32.5 Å². The van der Waals surface area contributed by atoms with Gasteiger partial charge in [-0.05, 0) is 53.9 Å². The van der Waals surface area contributed by atoms with Gasteiger partial charge in [0.1, 0.15) is 0 Å². The summed E-state index contributed by atoms with van der Waals surface area (Å²) in [5, 5.41) is 0. The van der Waals surface area contributed by atoms with Crippen molar-refractivity contribution < 1.29 is 0 Å². The third-order valence-electron chi connectivity index (χ3n) is 5.04. The van der Waals surface area contributed by atoms with Gasteiger partial charge in [0.05, 0.1) is 0 Å². The molecule has 0 radical (unpaired) electrons. The Bertz CT molecular complexity index is 842. The predicted molar refractivity (Wildman–Crippen MR) is 118 cm³/mol. The zero-order valence-corrected chi connectivity index (χ0v) is 16.9. The largest absolute Gasteiger partial charge is 0.398 e. The van der Waals surface area contributed by atoms with Crippen LogP contribution in [-0.4, -0.2) is 28.2 Å². The molecule has 0 spiro atoms. The molecule has 0 fully saturated rings. The molecule has 0 saturated carbocycles. The summed E-state index contributed by atoms with van der Waals surface area (Å²) in [4.78, 5) is 4.23. The second-order valence-corrected chi connectivity index (χ2v) is 7.54. The van der Waals surface area contributed by atoms with Gasteiger partial charge in [-0.2, -0.15) is 0 Å². The summed E-state index contributed by atoms with van der Waals surface area (Å²) in [6.07, 6.45) is 0. The van der Waals surface area contributed by atoms with Crippen molar-refractivity contribution in [2.45, 2.75) is 12.8 Å². The van der Waals surface area contributed by atoms with E-state index in [0.717, 1.165) is 11.3 Å². The highest BCUT2D eigenvalue weighted by Gasteiger charge is 2.19. The molecule has 3 nitrogen and oxygen atoms in total. The first-order chi connectivity index (χ1) is 12.9. The van der Waals surface area contributed by atoms with Crippen LogP contribution >= 0.6 is 0 Å². The molecule has 0 bridgehead atoms. The highest BCUT2D eigenvalue weighted by Crippen LogP contribution is 2.36. The second-order valence-electron chi connectivity index (χ2n) is 7.54. The van der Waals surface area contributed by atoms with Gasteiger partial charge in [-0.3, -0.25) is 0 Å². The molecule has 3 aromatic carbocycles. The molecule has 3 rings (SSSR count). The van der Waals surface area contributed by atoms with Crippen LogP contribution in [0.1, 0.15) is 28.2 Å². The van der Waals surface area contributed by atoms with Crippen molar-refractivity contribution in [1.29, 1.82) is 0 Å². The number of aryl methyl sites for hydroxylation is 1. The van der Waals surface area contributed by atoms with Crippen LogP contribution in [0.25, 0.3) is 0 Å². The molecular weight excluding hydrogens is 330 g/mol. The van der Waals surface area contributed by atoms with E-state index in [0.29, 0.717) is 0 Å². The summed E-state index contributed by atoms with van der Waals surface area (Å²) in [6.45, 7) is 2.12.